The van der Waals surface area contributed by atoms with Crippen molar-refractivity contribution in [3.63, 3.8) is 0 Å². The normalized spacial score (nSPS) is 17.7. The van der Waals surface area contributed by atoms with Gasteiger partial charge in [-0.2, -0.15) is 5.10 Å². The lowest BCUT2D eigenvalue weighted by Gasteiger charge is -2.29. The minimum atomic E-state index is -0.612. The minimum absolute atomic E-state index is 0.0167. The number of β-amino-alcohol motifs (C(OH)–C–C–N with tert-alkyl or cyclic N) is 1. The zero-order valence-corrected chi connectivity index (χ0v) is 17.7. The largest absolute Gasteiger partial charge is 0.387 e. The molecular weight excluding hydrogens is 390 g/mol. The van der Waals surface area contributed by atoms with Crippen LogP contribution in [-0.2, 0) is 19.9 Å². The molecule has 1 aliphatic heterocycles. The number of nitrogens with zero attached hydrogens (tertiary/aromatic N) is 4. The third-order valence-electron chi connectivity index (χ3n) is 6.29. The van der Waals surface area contributed by atoms with Crippen LogP contribution < -0.4 is 5.32 Å². The molecule has 1 atom stereocenters. The lowest BCUT2D eigenvalue weighted by molar-refractivity contribution is 0.103. The maximum absolute atomic E-state index is 13.5. The van der Waals surface area contributed by atoms with E-state index in [0.29, 0.717) is 17.7 Å². The molecule has 1 aromatic carbocycles. The lowest BCUT2D eigenvalue weighted by atomic mass is 9.95. The van der Waals surface area contributed by atoms with Gasteiger partial charge in [-0.3, -0.25) is 19.4 Å². The molecule has 0 radical (unpaired) electrons. The van der Waals surface area contributed by atoms with E-state index in [1.807, 2.05) is 43.7 Å². The second kappa shape index (κ2) is 8.34. The number of carbonyl (C=O) groups excluding carboxylic acids is 1. The topological polar surface area (TPSA) is 83.3 Å². The van der Waals surface area contributed by atoms with E-state index in [1.165, 1.54) is 0 Å². The number of carbonyl (C=O) groups is 1. The van der Waals surface area contributed by atoms with Crippen LogP contribution in [0, 0.1) is 0 Å². The molecule has 3 heterocycles. The van der Waals surface area contributed by atoms with Crippen molar-refractivity contribution in [1.29, 1.82) is 0 Å². The van der Waals surface area contributed by atoms with E-state index in [2.05, 4.69) is 20.3 Å². The summed E-state index contributed by atoms with van der Waals surface area (Å²) in [7, 11) is 1.87. The van der Waals surface area contributed by atoms with E-state index < -0.39 is 6.10 Å². The van der Waals surface area contributed by atoms with Crippen molar-refractivity contribution in [2.75, 3.05) is 32.7 Å². The second-order valence-corrected chi connectivity index (χ2v) is 8.43. The van der Waals surface area contributed by atoms with Crippen molar-refractivity contribution in [1.82, 2.24) is 25.0 Å². The first-order valence-electron chi connectivity index (χ1n) is 10.8. The van der Waals surface area contributed by atoms with Crippen LogP contribution in [0.15, 0.2) is 42.9 Å². The molecule has 1 saturated heterocycles. The van der Waals surface area contributed by atoms with Crippen LogP contribution in [0.1, 0.15) is 38.8 Å². The van der Waals surface area contributed by atoms with Crippen LogP contribution in [0.25, 0.3) is 11.1 Å². The van der Waals surface area contributed by atoms with E-state index >= 15 is 0 Å². The molecular formula is C24H27N5O2. The van der Waals surface area contributed by atoms with Crippen LogP contribution in [0.5, 0.6) is 0 Å². The standard InChI is InChI=1S/C24H27N5O2/c1-28-14-19(13-27-28)18-11-21-22(26-12-18)5-4-16-2-3-17(10-20(16)24(21)31)23(30)15-29-8-6-25-7-9-29/h2-3,10-14,23,25,30H,4-9,15H2,1H3. The van der Waals surface area contributed by atoms with E-state index in [0.717, 1.165) is 67.0 Å². The fourth-order valence-corrected chi connectivity index (χ4v) is 4.49. The number of piperazine rings is 1. The number of nitrogens with one attached hydrogen (secondary N) is 1. The Morgan fingerprint density at radius 2 is 1.94 bits per heavy atom. The van der Waals surface area contributed by atoms with Crippen molar-refractivity contribution >= 4 is 5.78 Å². The highest BCUT2D eigenvalue weighted by Gasteiger charge is 2.25. The molecule has 3 aromatic rings. The molecule has 160 valence electrons. The number of hydrogen-bond acceptors (Lipinski definition) is 6. The number of fused-ring (bicyclic) bond motifs is 2. The Kier molecular flexibility index (Phi) is 5.40. The van der Waals surface area contributed by atoms with Crippen LogP contribution in [0.3, 0.4) is 0 Å². The Balaban J connectivity index is 1.45. The zero-order valence-electron chi connectivity index (χ0n) is 17.7. The fourth-order valence-electron chi connectivity index (χ4n) is 4.49. The molecule has 2 aromatic heterocycles. The average molecular weight is 418 g/mol. The molecule has 0 saturated carbocycles. The molecule has 1 aliphatic carbocycles. The molecule has 0 bridgehead atoms. The number of aromatic nitrogens is 3. The molecule has 1 fully saturated rings. The summed E-state index contributed by atoms with van der Waals surface area (Å²) in [4.78, 5) is 20.4. The van der Waals surface area contributed by atoms with Gasteiger partial charge in [-0.05, 0) is 36.1 Å². The molecule has 7 heteroatoms. The number of aryl methyl sites for hydroxylation is 3. The van der Waals surface area contributed by atoms with Gasteiger partial charge in [0, 0.05) is 74.4 Å². The monoisotopic (exact) mass is 417 g/mol. The molecule has 2 N–H and O–H groups in total. The highest BCUT2D eigenvalue weighted by Crippen LogP contribution is 2.29. The number of benzene rings is 1. The highest BCUT2D eigenvalue weighted by molar-refractivity contribution is 6.11. The van der Waals surface area contributed by atoms with Gasteiger partial charge in [-0.25, -0.2) is 0 Å². The summed E-state index contributed by atoms with van der Waals surface area (Å²) in [5.74, 6) is -0.0167. The SMILES string of the molecule is Cn1cc(-c2cnc3c(c2)C(=O)c2cc(C(O)CN4CCNCC4)ccc2CC3)cn1. The van der Waals surface area contributed by atoms with Gasteiger partial charge in [-0.1, -0.05) is 12.1 Å². The van der Waals surface area contributed by atoms with Crippen LogP contribution >= 0.6 is 0 Å². The maximum Gasteiger partial charge on any atom is 0.195 e. The average Bonchev–Trinajstić information content (AvgIpc) is 3.18. The third-order valence-corrected chi connectivity index (χ3v) is 6.29. The summed E-state index contributed by atoms with van der Waals surface area (Å²) < 4.78 is 1.74. The Bertz CT molecular complexity index is 1120. The summed E-state index contributed by atoms with van der Waals surface area (Å²) in [5, 5.41) is 18.4. The minimum Gasteiger partial charge on any atom is -0.387 e. The molecule has 2 aliphatic rings. The predicted octanol–water partition coefficient (Wildman–Crippen LogP) is 1.75. The van der Waals surface area contributed by atoms with Crippen molar-refractivity contribution in [3.05, 3.63) is 70.8 Å². The van der Waals surface area contributed by atoms with Crippen molar-refractivity contribution in [2.24, 2.45) is 7.05 Å². The van der Waals surface area contributed by atoms with Crippen molar-refractivity contribution < 1.29 is 9.90 Å². The van der Waals surface area contributed by atoms with Crippen molar-refractivity contribution in [3.8, 4) is 11.1 Å². The van der Waals surface area contributed by atoms with Crippen molar-refractivity contribution in [2.45, 2.75) is 18.9 Å². The summed E-state index contributed by atoms with van der Waals surface area (Å²) >= 11 is 0. The van der Waals surface area contributed by atoms with Gasteiger partial charge in [0.25, 0.3) is 0 Å². The van der Waals surface area contributed by atoms with Gasteiger partial charge >= 0.3 is 0 Å². The van der Waals surface area contributed by atoms with Gasteiger partial charge < -0.3 is 10.4 Å². The van der Waals surface area contributed by atoms with Gasteiger partial charge in [0.05, 0.1) is 18.0 Å². The first kappa shape index (κ1) is 20.1. The fraction of sp³-hybridized carbons (Fsp3) is 0.375. The van der Waals surface area contributed by atoms with Gasteiger partial charge in [0.15, 0.2) is 5.78 Å². The molecule has 0 spiro atoms. The summed E-state index contributed by atoms with van der Waals surface area (Å²) in [6.07, 6.45) is 6.40. The summed E-state index contributed by atoms with van der Waals surface area (Å²) in [6.45, 7) is 4.32. The number of aliphatic hydroxyl groups is 1. The second-order valence-electron chi connectivity index (χ2n) is 8.43. The van der Waals surface area contributed by atoms with Gasteiger partial charge in [-0.15, -0.1) is 0 Å². The number of ketones is 1. The van der Waals surface area contributed by atoms with Gasteiger partial charge in [0.2, 0.25) is 0 Å². The molecule has 7 nitrogen and oxygen atoms in total. The van der Waals surface area contributed by atoms with Gasteiger partial charge in [0.1, 0.15) is 0 Å². The summed E-state index contributed by atoms with van der Waals surface area (Å²) in [6, 6.07) is 7.78. The molecule has 1 unspecified atom stereocenters. The van der Waals surface area contributed by atoms with E-state index in [4.69, 9.17) is 0 Å². The zero-order chi connectivity index (χ0) is 21.4. The Morgan fingerprint density at radius 1 is 1.10 bits per heavy atom. The molecule has 5 rings (SSSR count). The van der Waals surface area contributed by atoms with E-state index in [1.54, 1.807) is 10.9 Å². The Morgan fingerprint density at radius 3 is 2.71 bits per heavy atom. The van der Waals surface area contributed by atoms with E-state index in [-0.39, 0.29) is 5.78 Å². The highest BCUT2D eigenvalue weighted by atomic mass is 16.3. The third kappa shape index (κ3) is 4.04. The van der Waals surface area contributed by atoms with Crippen LogP contribution in [0.4, 0.5) is 0 Å². The Labute approximate surface area is 181 Å². The smallest absolute Gasteiger partial charge is 0.195 e. The Hall–Kier alpha value is -2.87. The first-order valence-corrected chi connectivity index (χ1v) is 10.8. The van der Waals surface area contributed by atoms with E-state index in [9.17, 15) is 9.90 Å². The predicted molar refractivity (Wildman–Crippen MR) is 118 cm³/mol. The number of aliphatic hydroxyl groups excluding tert-OH is 1. The first-order chi connectivity index (χ1) is 15.1. The summed E-state index contributed by atoms with van der Waals surface area (Å²) in [5.41, 5.74) is 5.80. The lowest BCUT2D eigenvalue weighted by Crippen LogP contribution is -2.44. The maximum atomic E-state index is 13.5. The quantitative estimate of drug-likeness (QED) is 0.673. The molecule has 31 heavy (non-hydrogen) atoms. The van der Waals surface area contributed by atoms with Crippen LogP contribution in [-0.4, -0.2) is 63.3 Å². The molecule has 0 amide bonds. The number of rotatable bonds is 4. The van der Waals surface area contributed by atoms with Crippen LogP contribution in [0.2, 0.25) is 0 Å². The number of pyridine rings is 1. The number of hydrogen-bond donors (Lipinski definition) is 2.